The summed E-state index contributed by atoms with van der Waals surface area (Å²) in [5, 5.41) is 4.73. The van der Waals surface area contributed by atoms with Crippen molar-refractivity contribution in [3.63, 3.8) is 0 Å². The highest BCUT2D eigenvalue weighted by molar-refractivity contribution is 8.01. The van der Waals surface area contributed by atoms with E-state index in [0.717, 1.165) is 15.7 Å². The van der Waals surface area contributed by atoms with Gasteiger partial charge in [0.05, 0.1) is 17.9 Å². The maximum atomic E-state index is 12.5. The topological polar surface area (TPSA) is 80.8 Å². The molecule has 0 bridgehead atoms. The first-order valence-electron chi connectivity index (χ1n) is 9.55. The zero-order valence-corrected chi connectivity index (χ0v) is 18.7. The summed E-state index contributed by atoms with van der Waals surface area (Å²) in [7, 11) is 3.93. The molecule has 2 heterocycles. The van der Waals surface area contributed by atoms with Crippen LogP contribution in [0.4, 0.5) is 11.4 Å². The number of aromatic nitrogens is 1. The van der Waals surface area contributed by atoms with Gasteiger partial charge >= 0.3 is 0 Å². The number of nitrogens with zero attached hydrogens (tertiary/aromatic N) is 2. The Morgan fingerprint density at radius 3 is 2.68 bits per heavy atom. The number of rotatable bonds is 8. The fourth-order valence-corrected chi connectivity index (χ4v) is 4.67. The van der Waals surface area contributed by atoms with Crippen molar-refractivity contribution in [3.8, 4) is 11.5 Å². The number of carbonyl (C=O) groups is 2. The van der Waals surface area contributed by atoms with E-state index >= 15 is 0 Å². The van der Waals surface area contributed by atoms with E-state index in [1.54, 1.807) is 18.2 Å². The van der Waals surface area contributed by atoms with Crippen LogP contribution in [-0.4, -0.2) is 43.3 Å². The van der Waals surface area contributed by atoms with E-state index in [4.69, 9.17) is 9.47 Å². The number of benzene rings is 2. The molecular weight excluding hydrogens is 434 g/mol. The van der Waals surface area contributed by atoms with Gasteiger partial charge in [0.2, 0.25) is 12.7 Å². The zero-order chi connectivity index (χ0) is 21.8. The maximum Gasteiger partial charge on any atom is 0.231 e. The first-order valence-corrected chi connectivity index (χ1v) is 11.4. The molecule has 0 spiro atoms. The van der Waals surface area contributed by atoms with Crippen molar-refractivity contribution in [1.82, 2.24) is 4.98 Å². The minimum absolute atomic E-state index is 0.0148. The Bertz CT molecular complexity index is 1100. The molecule has 4 rings (SSSR count). The van der Waals surface area contributed by atoms with Gasteiger partial charge in [0.1, 0.15) is 0 Å². The van der Waals surface area contributed by atoms with E-state index in [-0.39, 0.29) is 30.7 Å². The molecule has 7 nitrogen and oxygen atoms in total. The maximum absolute atomic E-state index is 12.5. The van der Waals surface area contributed by atoms with Gasteiger partial charge in [-0.05, 0) is 42.5 Å². The first-order chi connectivity index (χ1) is 15.0. The molecule has 1 aromatic heterocycles. The van der Waals surface area contributed by atoms with E-state index in [0.29, 0.717) is 22.8 Å². The molecule has 0 saturated carbocycles. The van der Waals surface area contributed by atoms with Crippen LogP contribution in [0.5, 0.6) is 11.5 Å². The lowest BCUT2D eigenvalue weighted by Crippen LogP contribution is -2.15. The third-order valence-corrected chi connectivity index (χ3v) is 6.63. The predicted octanol–water partition coefficient (Wildman–Crippen LogP) is 4.09. The molecule has 0 radical (unpaired) electrons. The van der Waals surface area contributed by atoms with Crippen LogP contribution in [0, 0.1) is 0 Å². The number of carbonyl (C=O) groups excluding carboxylic acids is 2. The van der Waals surface area contributed by atoms with Crippen LogP contribution in [0.25, 0.3) is 0 Å². The molecule has 1 aliphatic heterocycles. The van der Waals surface area contributed by atoms with Gasteiger partial charge in [0, 0.05) is 36.4 Å². The number of thioether (sulfide) groups is 1. The summed E-state index contributed by atoms with van der Waals surface area (Å²) in [5.74, 6) is 1.36. The van der Waals surface area contributed by atoms with Crippen molar-refractivity contribution in [3.05, 3.63) is 59.1 Å². The number of hydrogen-bond donors (Lipinski definition) is 1. The second-order valence-electron chi connectivity index (χ2n) is 7.05. The number of ketones is 1. The van der Waals surface area contributed by atoms with E-state index in [9.17, 15) is 9.59 Å². The van der Waals surface area contributed by atoms with Crippen molar-refractivity contribution in [2.45, 2.75) is 10.8 Å². The number of thiazole rings is 1. The number of Topliss-reactive ketones (excluding diaryl/α,β-unsaturated/α-hetero) is 1. The highest BCUT2D eigenvalue weighted by atomic mass is 32.2. The van der Waals surface area contributed by atoms with Gasteiger partial charge in [0.25, 0.3) is 0 Å². The number of nitrogens with one attached hydrogen (secondary N) is 1. The molecule has 1 amide bonds. The number of fused-ring (bicyclic) bond motifs is 1. The minimum atomic E-state index is -0.129. The Hall–Kier alpha value is -3.04. The van der Waals surface area contributed by atoms with Crippen LogP contribution in [0.3, 0.4) is 0 Å². The molecule has 0 fully saturated rings. The number of ether oxygens (including phenoxy) is 2. The summed E-state index contributed by atoms with van der Waals surface area (Å²) >= 11 is 2.79. The third-order valence-electron chi connectivity index (χ3n) is 4.56. The summed E-state index contributed by atoms with van der Waals surface area (Å²) in [6, 6.07) is 12.8. The summed E-state index contributed by atoms with van der Waals surface area (Å²) in [5.41, 5.74) is 3.07. The number of anilines is 2. The summed E-state index contributed by atoms with van der Waals surface area (Å²) in [6.45, 7) is 0.179. The molecular formula is C22H21N3O4S2. The minimum Gasteiger partial charge on any atom is -0.454 e. The molecule has 160 valence electrons. The number of amides is 1. The predicted molar refractivity (Wildman–Crippen MR) is 123 cm³/mol. The molecule has 31 heavy (non-hydrogen) atoms. The lowest BCUT2D eigenvalue weighted by molar-refractivity contribution is -0.115. The van der Waals surface area contributed by atoms with Crippen LogP contribution in [0.1, 0.15) is 16.1 Å². The Balaban J connectivity index is 1.28. The fourth-order valence-electron chi connectivity index (χ4n) is 2.93. The van der Waals surface area contributed by atoms with Crippen LogP contribution >= 0.6 is 23.1 Å². The largest absolute Gasteiger partial charge is 0.454 e. The Kier molecular flexibility index (Phi) is 6.43. The highest BCUT2D eigenvalue weighted by Gasteiger charge is 2.17. The summed E-state index contributed by atoms with van der Waals surface area (Å²) in [6.07, 6.45) is 0.183. The molecule has 1 N–H and O–H groups in total. The Morgan fingerprint density at radius 2 is 1.90 bits per heavy atom. The van der Waals surface area contributed by atoms with Gasteiger partial charge in [0.15, 0.2) is 21.6 Å². The lowest BCUT2D eigenvalue weighted by Gasteiger charge is -2.12. The number of hydrogen-bond acceptors (Lipinski definition) is 8. The zero-order valence-electron chi connectivity index (χ0n) is 17.1. The average Bonchev–Trinajstić information content (AvgIpc) is 3.41. The van der Waals surface area contributed by atoms with Crippen LogP contribution in [0.2, 0.25) is 0 Å². The molecule has 1 aliphatic rings. The monoisotopic (exact) mass is 455 g/mol. The van der Waals surface area contributed by atoms with Crippen molar-refractivity contribution in [1.29, 1.82) is 0 Å². The Labute approximate surface area is 188 Å². The standard InChI is InChI=1S/C22H21N3O4S2/c1-25(2)17-6-4-15(5-7-17)23-21(27)10-16-11-30-22(24-16)31-12-18(26)14-3-8-19-20(9-14)29-13-28-19/h3-9,11H,10,12-13H2,1-2H3,(H,23,27). The van der Waals surface area contributed by atoms with Crippen molar-refractivity contribution in [2.24, 2.45) is 0 Å². The lowest BCUT2D eigenvalue weighted by atomic mass is 10.1. The van der Waals surface area contributed by atoms with Gasteiger partial charge < -0.3 is 19.7 Å². The highest BCUT2D eigenvalue weighted by Crippen LogP contribution is 2.33. The van der Waals surface area contributed by atoms with Crippen LogP contribution in [-0.2, 0) is 11.2 Å². The van der Waals surface area contributed by atoms with Gasteiger partial charge in [-0.3, -0.25) is 9.59 Å². The molecule has 2 aromatic carbocycles. The van der Waals surface area contributed by atoms with Gasteiger partial charge in [-0.15, -0.1) is 11.3 Å². The summed E-state index contributed by atoms with van der Waals surface area (Å²) < 4.78 is 11.3. The quantitative estimate of drug-likeness (QED) is 0.405. The van der Waals surface area contributed by atoms with Crippen molar-refractivity contribution < 1.29 is 19.1 Å². The fraction of sp³-hybridized carbons (Fsp3) is 0.227. The van der Waals surface area contributed by atoms with Crippen LogP contribution < -0.4 is 19.7 Å². The van der Waals surface area contributed by atoms with Gasteiger partial charge in [-0.2, -0.15) is 0 Å². The van der Waals surface area contributed by atoms with E-state index < -0.39 is 0 Å². The molecule has 0 unspecified atom stereocenters. The molecule has 9 heteroatoms. The average molecular weight is 456 g/mol. The molecule has 0 atom stereocenters. The molecule has 0 aliphatic carbocycles. The van der Waals surface area contributed by atoms with Crippen molar-refractivity contribution in [2.75, 3.05) is 36.9 Å². The second kappa shape index (κ2) is 9.40. The van der Waals surface area contributed by atoms with Crippen LogP contribution in [0.15, 0.2) is 52.2 Å². The van der Waals surface area contributed by atoms with Crippen molar-refractivity contribution >= 4 is 46.2 Å². The molecule has 3 aromatic rings. The Morgan fingerprint density at radius 1 is 1.13 bits per heavy atom. The molecule has 0 saturated heterocycles. The van der Waals surface area contributed by atoms with Gasteiger partial charge in [-0.1, -0.05) is 11.8 Å². The van der Waals surface area contributed by atoms with E-state index in [1.807, 2.05) is 48.6 Å². The summed E-state index contributed by atoms with van der Waals surface area (Å²) in [4.78, 5) is 31.2. The SMILES string of the molecule is CN(C)c1ccc(NC(=O)Cc2csc(SCC(=O)c3ccc4c(c3)OCO4)n2)cc1. The van der Waals surface area contributed by atoms with E-state index in [1.165, 1.54) is 23.1 Å². The normalized spacial score (nSPS) is 11.9. The smallest absolute Gasteiger partial charge is 0.231 e. The van der Waals surface area contributed by atoms with Gasteiger partial charge in [-0.25, -0.2) is 4.98 Å². The third kappa shape index (κ3) is 5.36. The first kappa shape index (κ1) is 21.2. The second-order valence-corrected chi connectivity index (χ2v) is 9.13. The van der Waals surface area contributed by atoms with E-state index in [2.05, 4.69) is 10.3 Å².